The molecule has 2 aromatic heterocycles. The maximum absolute atomic E-state index is 12.6. The molecule has 0 aliphatic carbocycles. The first kappa shape index (κ1) is 17.5. The van der Waals surface area contributed by atoms with Crippen LogP contribution < -0.4 is 5.32 Å². The molecule has 0 saturated heterocycles. The van der Waals surface area contributed by atoms with E-state index in [0.717, 1.165) is 20.9 Å². The fourth-order valence-corrected chi connectivity index (χ4v) is 2.46. The van der Waals surface area contributed by atoms with Gasteiger partial charge in [0, 0.05) is 12.2 Å². The lowest BCUT2D eigenvalue weighted by Gasteiger charge is -2.09. The number of aromatic nitrogens is 4. The molecule has 0 fully saturated rings. The van der Waals surface area contributed by atoms with Crippen LogP contribution in [0.3, 0.4) is 0 Å². The first-order valence-corrected chi connectivity index (χ1v) is 7.60. The number of carbonyl (C=O) groups is 1. The zero-order chi connectivity index (χ0) is 17.2. The average molecular weight is 394 g/mol. The molecule has 0 atom stereocenters. The van der Waals surface area contributed by atoms with Crippen LogP contribution in [0.25, 0.3) is 0 Å². The molecular weight excluding hydrogens is 379 g/mol. The number of rotatable bonds is 5. The molecule has 0 bridgehead atoms. The van der Waals surface area contributed by atoms with Crippen LogP contribution >= 0.6 is 15.9 Å². The normalized spacial score (nSPS) is 11.7. The van der Waals surface area contributed by atoms with Crippen molar-refractivity contribution in [2.45, 2.75) is 39.7 Å². The van der Waals surface area contributed by atoms with Crippen molar-refractivity contribution in [1.82, 2.24) is 24.9 Å². The Hall–Kier alpha value is -1.84. The SMILES string of the molecule is CCn1ncc(Br)c1CNC(=O)Cn1nc(C(F)(F)F)cc1C. The van der Waals surface area contributed by atoms with Crippen molar-refractivity contribution in [3.63, 3.8) is 0 Å². The van der Waals surface area contributed by atoms with Crippen molar-refractivity contribution < 1.29 is 18.0 Å². The molecule has 2 rings (SSSR count). The van der Waals surface area contributed by atoms with Crippen molar-refractivity contribution in [2.75, 3.05) is 0 Å². The van der Waals surface area contributed by atoms with Crippen molar-refractivity contribution in [3.05, 3.63) is 33.8 Å². The fraction of sp³-hybridized carbons (Fsp3) is 0.462. The Morgan fingerprint density at radius 3 is 2.65 bits per heavy atom. The summed E-state index contributed by atoms with van der Waals surface area (Å²) in [5.41, 5.74) is 0.0517. The predicted molar refractivity (Wildman–Crippen MR) is 79.4 cm³/mol. The Morgan fingerprint density at radius 1 is 1.39 bits per heavy atom. The Morgan fingerprint density at radius 2 is 2.09 bits per heavy atom. The van der Waals surface area contributed by atoms with E-state index in [1.807, 2.05) is 6.92 Å². The van der Waals surface area contributed by atoms with Crippen LogP contribution in [0.1, 0.15) is 24.0 Å². The van der Waals surface area contributed by atoms with Gasteiger partial charge in [-0.3, -0.25) is 14.2 Å². The van der Waals surface area contributed by atoms with E-state index in [0.29, 0.717) is 6.54 Å². The number of nitrogens with one attached hydrogen (secondary N) is 1. The molecule has 1 amide bonds. The zero-order valence-electron chi connectivity index (χ0n) is 12.5. The van der Waals surface area contributed by atoms with E-state index in [1.54, 1.807) is 10.9 Å². The molecule has 0 aliphatic rings. The van der Waals surface area contributed by atoms with Gasteiger partial charge in [0.25, 0.3) is 0 Å². The fourth-order valence-electron chi connectivity index (χ4n) is 2.02. The average Bonchev–Trinajstić information content (AvgIpc) is 3.00. The Labute approximate surface area is 138 Å². The van der Waals surface area contributed by atoms with Gasteiger partial charge in [-0.1, -0.05) is 0 Å². The van der Waals surface area contributed by atoms with Gasteiger partial charge in [0.15, 0.2) is 5.69 Å². The van der Waals surface area contributed by atoms with Gasteiger partial charge < -0.3 is 5.32 Å². The maximum atomic E-state index is 12.6. The lowest BCUT2D eigenvalue weighted by molar-refractivity contribution is -0.141. The minimum Gasteiger partial charge on any atom is -0.349 e. The van der Waals surface area contributed by atoms with Crippen molar-refractivity contribution in [1.29, 1.82) is 0 Å². The van der Waals surface area contributed by atoms with Crippen LogP contribution in [-0.2, 0) is 30.6 Å². The number of hydrogen-bond donors (Lipinski definition) is 1. The molecule has 0 aromatic carbocycles. The quantitative estimate of drug-likeness (QED) is 0.848. The monoisotopic (exact) mass is 393 g/mol. The van der Waals surface area contributed by atoms with E-state index in [1.165, 1.54) is 6.92 Å². The topological polar surface area (TPSA) is 64.7 Å². The van der Waals surface area contributed by atoms with Crippen molar-refractivity contribution in [2.24, 2.45) is 0 Å². The van der Waals surface area contributed by atoms with Gasteiger partial charge >= 0.3 is 6.18 Å². The second-order valence-electron chi connectivity index (χ2n) is 4.86. The summed E-state index contributed by atoms with van der Waals surface area (Å²) in [5, 5.41) is 10.2. The van der Waals surface area contributed by atoms with Gasteiger partial charge in [-0.15, -0.1) is 0 Å². The molecule has 0 aliphatic heterocycles. The van der Waals surface area contributed by atoms with E-state index in [4.69, 9.17) is 0 Å². The Bertz CT molecular complexity index is 707. The summed E-state index contributed by atoms with van der Waals surface area (Å²) in [5.74, 6) is -0.430. The van der Waals surface area contributed by atoms with Crippen LogP contribution in [0.15, 0.2) is 16.7 Å². The van der Waals surface area contributed by atoms with E-state index in [9.17, 15) is 18.0 Å². The van der Waals surface area contributed by atoms with Gasteiger partial charge in [-0.2, -0.15) is 23.4 Å². The lowest BCUT2D eigenvalue weighted by Crippen LogP contribution is -2.29. The standard InChI is InChI=1S/C13H15BrF3N5O/c1-3-21-10(9(14)5-19-21)6-18-12(23)7-22-8(2)4-11(20-22)13(15,16)17/h4-5H,3,6-7H2,1-2H3,(H,18,23). The van der Waals surface area contributed by atoms with Crippen molar-refractivity contribution in [3.8, 4) is 0 Å². The number of aryl methyl sites for hydroxylation is 2. The van der Waals surface area contributed by atoms with Gasteiger partial charge in [0.2, 0.25) is 5.91 Å². The molecule has 6 nitrogen and oxygen atoms in total. The van der Waals surface area contributed by atoms with Crippen LogP contribution in [-0.4, -0.2) is 25.5 Å². The number of halogens is 4. The van der Waals surface area contributed by atoms with E-state index >= 15 is 0 Å². The number of hydrogen-bond acceptors (Lipinski definition) is 3. The third-order valence-electron chi connectivity index (χ3n) is 3.22. The lowest BCUT2D eigenvalue weighted by atomic mass is 10.3. The summed E-state index contributed by atoms with van der Waals surface area (Å²) in [4.78, 5) is 11.9. The summed E-state index contributed by atoms with van der Waals surface area (Å²) >= 11 is 3.33. The van der Waals surface area contributed by atoms with Crippen LogP contribution in [0.2, 0.25) is 0 Å². The number of amides is 1. The first-order valence-electron chi connectivity index (χ1n) is 6.81. The van der Waals surface area contributed by atoms with Gasteiger partial charge in [-0.25, -0.2) is 0 Å². The Kier molecular flexibility index (Phi) is 5.12. The molecule has 23 heavy (non-hydrogen) atoms. The highest BCUT2D eigenvalue weighted by Crippen LogP contribution is 2.28. The molecule has 10 heteroatoms. The minimum atomic E-state index is -4.52. The molecule has 126 valence electrons. The van der Waals surface area contributed by atoms with E-state index in [-0.39, 0.29) is 18.8 Å². The summed E-state index contributed by atoms with van der Waals surface area (Å²) in [6, 6.07) is 0.913. The largest absolute Gasteiger partial charge is 0.435 e. The second-order valence-corrected chi connectivity index (χ2v) is 5.71. The predicted octanol–water partition coefficient (Wildman–Crippen LogP) is 2.51. The number of nitrogens with zero attached hydrogens (tertiary/aromatic N) is 4. The maximum Gasteiger partial charge on any atom is 0.435 e. The van der Waals surface area contributed by atoms with E-state index in [2.05, 4.69) is 31.4 Å². The van der Waals surface area contributed by atoms with Crippen LogP contribution in [0, 0.1) is 6.92 Å². The van der Waals surface area contributed by atoms with Gasteiger partial charge in [0.05, 0.1) is 22.9 Å². The van der Waals surface area contributed by atoms with Crippen LogP contribution in [0.4, 0.5) is 13.2 Å². The van der Waals surface area contributed by atoms with Crippen molar-refractivity contribution >= 4 is 21.8 Å². The zero-order valence-corrected chi connectivity index (χ0v) is 14.1. The molecule has 2 heterocycles. The third-order valence-corrected chi connectivity index (χ3v) is 3.88. The second kappa shape index (κ2) is 6.73. The molecule has 0 saturated carbocycles. The number of alkyl halides is 3. The molecule has 0 radical (unpaired) electrons. The summed E-state index contributed by atoms with van der Waals surface area (Å²) in [7, 11) is 0. The van der Waals surface area contributed by atoms with Gasteiger partial charge in [0.1, 0.15) is 6.54 Å². The van der Waals surface area contributed by atoms with Gasteiger partial charge in [-0.05, 0) is 35.8 Å². The highest BCUT2D eigenvalue weighted by molar-refractivity contribution is 9.10. The minimum absolute atomic E-state index is 0.222. The highest BCUT2D eigenvalue weighted by Gasteiger charge is 2.34. The molecular formula is C13H15BrF3N5O. The number of carbonyl (C=O) groups excluding carboxylic acids is 1. The molecule has 2 aromatic rings. The molecule has 1 N–H and O–H groups in total. The smallest absolute Gasteiger partial charge is 0.349 e. The highest BCUT2D eigenvalue weighted by atomic mass is 79.9. The third kappa shape index (κ3) is 4.12. The molecule has 0 unspecified atom stereocenters. The summed E-state index contributed by atoms with van der Waals surface area (Å²) < 4.78 is 41.3. The van der Waals surface area contributed by atoms with Crippen LogP contribution in [0.5, 0.6) is 0 Å². The van der Waals surface area contributed by atoms with E-state index < -0.39 is 17.8 Å². The summed E-state index contributed by atoms with van der Waals surface area (Å²) in [6.07, 6.45) is -2.90. The summed E-state index contributed by atoms with van der Waals surface area (Å²) in [6.45, 7) is 3.97. The Balaban J connectivity index is 2.00. The molecule has 0 spiro atoms. The first-order chi connectivity index (χ1) is 10.7.